The quantitative estimate of drug-likeness (QED) is 0.825. The van der Waals surface area contributed by atoms with E-state index in [0.717, 1.165) is 0 Å². The average molecular weight is 281 g/mol. The molecule has 3 nitrogen and oxygen atoms in total. The fourth-order valence-electron chi connectivity index (χ4n) is 1.72. The van der Waals surface area contributed by atoms with Crippen molar-refractivity contribution in [3.05, 3.63) is 47.2 Å². The van der Waals surface area contributed by atoms with Crippen LogP contribution in [0.1, 0.15) is 6.92 Å². The summed E-state index contributed by atoms with van der Waals surface area (Å²) in [5, 5.41) is 3.34. The molecule has 0 spiro atoms. The minimum Gasteiger partial charge on any atom is -0.492 e. The summed E-state index contributed by atoms with van der Waals surface area (Å²) in [5.74, 6) is 0.185. The molecule has 0 fully saturated rings. The van der Waals surface area contributed by atoms with E-state index in [2.05, 4.69) is 5.32 Å². The van der Waals surface area contributed by atoms with E-state index in [9.17, 15) is 4.39 Å². The van der Waals surface area contributed by atoms with Crippen molar-refractivity contribution in [2.75, 3.05) is 17.7 Å². The van der Waals surface area contributed by atoms with Crippen LogP contribution in [0.5, 0.6) is 5.75 Å². The summed E-state index contributed by atoms with van der Waals surface area (Å²) < 4.78 is 18.6. The summed E-state index contributed by atoms with van der Waals surface area (Å²) in [6, 6.07) is 9.59. The standard InChI is InChI=1S/C14H14ClFN2O/c1-2-19-13-5-3-4-12(14(13)17)18-11-7-9(15)6-10(16)8-11/h3-8,18H,2,17H2,1H3. The van der Waals surface area contributed by atoms with Gasteiger partial charge in [-0.05, 0) is 37.3 Å². The van der Waals surface area contributed by atoms with Crippen LogP contribution in [0.3, 0.4) is 0 Å². The predicted molar refractivity (Wildman–Crippen MR) is 76.7 cm³/mol. The van der Waals surface area contributed by atoms with E-state index in [4.69, 9.17) is 22.1 Å². The smallest absolute Gasteiger partial charge is 0.144 e. The van der Waals surface area contributed by atoms with Crippen LogP contribution >= 0.6 is 11.6 Å². The van der Waals surface area contributed by atoms with Gasteiger partial charge in [0.25, 0.3) is 0 Å². The summed E-state index contributed by atoms with van der Waals surface area (Å²) in [7, 11) is 0. The molecule has 0 aliphatic rings. The van der Waals surface area contributed by atoms with Crippen LogP contribution in [-0.2, 0) is 0 Å². The number of para-hydroxylation sites is 1. The van der Waals surface area contributed by atoms with E-state index < -0.39 is 5.82 Å². The number of rotatable bonds is 4. The molecule has 3 N–H and O–H groups in total. The topological polar surface area (TPSA) is 47.3 Å². The number of anilines is 3. The van der Waals surface area contributed by atoms with Crippen molar-refractivity contribution in [3.8, 4) is 5.75 Å². The van der Waals surface area contributed by atoms with Gasteiger partial charge in [0.1, 0.15) is 11.6 Å². The number of nitrogen functional groups attached to an aromatic ring is 1. The van der Waals surface area contributed by atoms with Crippen molar-refractivity contribution in [2.45, 2.75) is 6.92 Å². The zero-order valence-electron chi connectivity index (χ0n) is 10.4. The second-order valence-electron chi connectivity index (χ2n) is 3.93. The number of hydrogen-bond acceptors (Lipinski definition) is 3. The van der Waals surface area contributed by atoms with Gasteiger partial charge in [-0.2, -0.15) is 0 Å². The van der Waals surface area contributed by atoms with Crippen LogP contribution < -0.4 is 15.8 Å². The molecule has 5 heteroatoms. The maximum absolute atomic E-state index is 13.3. The van der Waals surface area contributed by atoms with E-state index in [-0.39, 0.29) is 0 Å². The van der Waals surface area contributed by atoms with Gasteiger partial charge in [0.2, 0.25) is 0 Å². The van der Waals surface area contributed by atoms with E-state index >= 15 is 0 Å². The van der Waals surface area contributed by atoms with E-state index in [1.807, 2.05) is 13.0 Å². The fraction of sp³-hybridized carbons (Fsp3) is 0.143. The molecule has 0 aromatic heterocycles. The number of nitrogens with one attached hydrogen (secondary N) is 1. The van der Waals surface area contributed by atoms with Crippen molar-refractivity contribution in [1.82, 2.24) is 0 Å². The number of nitrogens with two attached hydrogens (primary N) is 1. The van der Waals surface area contributed by atoms with Crippen LogP contribution in [0, 0.1) is 5.82 Å². The van der Waals surface area contributed by atoms with Crippen LogP contribution in [-0.4, -0.2) is 6.61 Å². The Balaban J connectivity index is 2.30. The highest BCUT2D eigenvalue weighted by atomic mass is 35.5. The Morgan fingerprint density at radius 2 is 2.11 bits per heavy atom. The summed E-state index contributed by atoms with van der Waals surface area (Å²) in [4.78, 5) is 0. The maximum atomic E-state index is 13.3. The van der Waals surface area contributed by atoms with Gasteiger partial charge in [0.15, 0.2) is 0 Å². The van der Waals surface area contributed by atoms with Gasteiger partial charge < -0.3 is 15.8 Å². The van der Waals surface area contributed by atoms with Crippen LogP contribution in [0.2, 0.25) is 5.02 Å². The van der Waals surface area contributed by atoms with Crippen molar-refractivity contribution in [3.63, 3.8) is 0 Å². The van der Waals surface area contributed by atoms with E-state index in [1.165, 1.54) is 12.1 Å². The lowest BCUT2D eigenvalue weighted by Gasteiger charge is -2.13. The van der Waals surface area contributed by atoms with E-state index in [1.54, 1.807) is 18.2 Å². The molecule has 2 aromatic carbocycles. The summed E-state index contributed by atoms with van der Waals surface area (Å²) in [5.41, 5.74) is 7.63. The monoisotopic (exact) mass is 280 g/mol. The first-order valence-electron chi connectivity index (χ1n) is 5.84. The first-order chi connectivity index (χ1) is 9.10. The molecule has 0 amide bonds. The molecule has 100 valence electrons. The summed E-state index contributed by atoms with van der Waals surface area (Å²) >= 11 is 5.80. The van der Waals surface area contributed by atoms with Crippen molar-refractivity contribution in [2.24, 2.45) is 0 Å². The van der Waals surface area contributed by atoms with Gasteiger partial charge in [-0.15, -0.1) is 0 Å². The average Bonchev–Trinajstić information content (AvgIpc) is 2.33. The molecule has 2 aromatic rings. The highest BCUT2D eigenvalue weighted by molar-refractivity contribution is 6.30. The Labute approximate surface area is 116 Å². The highest BCUT2D eigenvalue weighted by Gasteiger charge is 2.07. The highest BCUT2D eigenvalue weighted by Crippen LogP contribution is 2.32. The minimum absolute atomic E-state index is 0.321. The molecule has 2 rings (SSSR count). The molecule has 0 saturated carbocycles. The molecule has 0 radical (unpaired) electrons. The zero-order chi connectivity index (χ0) is 13.8. The molecule has 0 heterocycles. The van der Waals surface area contributed by atoms with Crippen molar-refractivity contribution in [1.29, 1.82) is 0 Å². The molecule has 0 bridgehead atoms. The van der Waals surface area contributed by atoms with Crippen LogP contribution in [0.15, 0.2) is 36.4 Å². The molecule has 19 heavy (non-hydrogen) atoms. The van der Waals surface area contributed by atoms with Gasteiger partial charge in [0, 0.05) is 10.7 Å². The number of halogens is 2. The molecular formula is C14H14ClFN2O. The van der Waals surface area contributed by atoms with Gasteiger partial charge in [-0.25, -0.2) is 4.39 Å². The van der Waals surface area contributed by atoms with Gasteiger partial charge >= 0.3 is 0 Å². The molecule has 0 aliphatic carbocycles. The van der Waals surface area contributed by atoms with Crippen molar-refractivity contribution < 1.29 is 9.13 Å². The second kappa shape index (κ2) is 5.80. The normalized spacial score (nSPS) is 10.3. The molecule has 0 saturated heterocycles. The largest absolute Gasteiger partial charge is 0.492 e. The molecule has 0 atom stereocenters. The summed E-state index contributed by atoms with van der Waals surface area (Å²) in [6.45, 7) is 2.41. The molecule has 0 unspecified atom stereocenters. The Morgan fingerprint density at radius 3 is 2.79 bits per heavy atom. The third kappa shape index (κ3) is 3.29. The van der Waals surface area contributed by atoms with Gasteiger partial charge in [-0.3, -0.25) is 0 Å². The maximum Gasteiger partial charge on any atom is 0.144 e. The van der Waals surface area contributed by atoms with Gasteiger partial charge in [0.05, 0.1) is 18.0 Å². The number of ether oxygens (including phenoxy) is 1. The second-order valence-corrected chi connectivity index (χ2v) is 4.37. The lowest BCUT2D eigenvalue weighted by Crippen LogP contribution is -2.01. The first-order valence-corrected chi connectivity index (χ1v) is 6.22. The minimum atomic E-state index is -0.408. The Bertz CT molecular complexity index is 569. The molecular weight excluding hydrogens is 267 g/mol. The SMILES string of the molecule is CCOc1cccc(Nc2cc(F)cc(Cl)c2)c1N. The lowest BCUT2D eigenvalue weighted by molar-refractivity contribution is 0.342. The number of benzene rings is 2. The van der Waals surface area contributed by atoms with E-state index in [0.29, 0.717) is 34.4 Å². The van der Waals surface area contributed by atoms with Gasteiger partial charge in [-0.1, -0.05) is 17.7 Å². The third-order valence-corrected chi connectivity index (χ3v) is 2.73. The zero-order valence-corrected chi connectivity index (χ0v) is 11.2. The van der Waals surface area contributed by atoms with Crippen LogP contribution in [0.25, 0.3) is 0 Å². The Morgan fingerprint density at radius 1 is 1.32 bits per heavy atom. The van der Waals surface area contributed by atoms with Crippen LogP contribution in [0.4, 0.5) is 21.5 Å². The number of hydrogen-bond donors (Lipinski definition) is 2. The summed E-state index contributed by atoms with van der Waals surface area (Å²) in [6.07, 6.45) is 0. The fourth-order valence-corrected chi connectivity index (χ4v) is 1.94. The van der Waals surface area contributed by atoms with Crippen molar-refractivity contribution >= 4 is 28.7 Å². The Hall–Kier alpha value is -1.94. The molecule has 0 aliphatic heterocycles. The third-order valence-electron chi connectivity index (χ3n) is 2.51. The predicted octanol–water partition coefficient (Wildman–Crippen LogP) is 4.20. The first kappa shape index (κ1) is 13.5. The lowest BCUT2D eigenvalue weighted by atomic mass is 10.2. The Kier molecular flexibility index (Phi) is 4.12.